The number of fused-ring (bicyclic) bond motifs is 2. The van der Waals surface area contributed by atoms with E-state index < -0.39 is 11.4 Å². The van der Waals surface area contributed by atoms with Gasteiger partial charge in [0.2, 0.25) is 0 Å². The molecule has 2 saturated heterocycles. The maximum Gasteiger partial charge on any atom is 0.311 e. The quantitative estimate of drug-likeness (QED) is 0.914. The molecular weight excluding hydrogens is 310 g/mol. The van der Waals surface area contributed by atoms with E-state index in [-0.39, 0.29) is 18.4 Å². The summed E-state index contributed by atoms with van der Waals surface area (Å²) < 4.78 is 11.2. The van der Waals surface area contributed by atoms with Crippen molar-refractivity contribution in [2.75, 3.05) is 26.3 Å². The number of likely N-dealkylation sites (tertiary alicyclic amines) is 1. The average molecular weight is 329 g/mol. The first kappa shape index (κ1) is 15.2. The zero-order valence-corrected chi connectivity index (χ0v) is 13.4. The molecule has 2 aliphatic rings. The lowest BCUT2D eigenvalue weighted by atomic mass is 9.74. The summed E-state index contributed by atoms with van der Waals surface area (Å²) >= 11 is 0. The number of aliphatic carboxylic acids is 1. The van der Waals surface area contributed by atoms with Crippen LogP contribution >= 0.6 is 0 Å². The second-order valence-electron chi connectivity index (χ2n) is 6.72. The van der Waals surface area contributed by atoms with Crippen LogP contribution in [0.5, 0.6) is 0 Å². The van der Waals surface area contributed by atoms with Crippen molar-refractivity contribution in [3.63, 3.8) is 0 Å². The highest BCUT2D eigenvalue weighted by Crippen LogP contribution is 2.43. The Morgan fingerprint density at radius 2 is 2.12 bits per heavy atom. The van der Waals surface area contributed by atoms with Crippen LogP contribution in [0.2, 0.25) is 0 Å². The summed E-state index contributed by atoms with van der Waals surface area (Å²) in [5, 5.41) is 10.6. The first-order valence-electron chi connectivity index (χ1n) is 8.11. The van der Waals surface area contributed by atoms with Crippen molar-refractivity contribution in [3.05, 3.63) is 35.6 Å². The number of amides is 1. The van der Waals surface area contributed by atoms with E-state index in [9.17, 15) is 14.7 Å². The number of carboxylic acids is 1. The first-order valence-corrected chi connectivity index (χ1v) is 8.11. The highest BCUT2D eigenvalue weighted by molar-refractivity contribution is 5.99. The highest BCUT2D eigenvalue weighted by atomic mass is 16.5. The van der Waals surface area contributed by atoms with E-state index in [1.54, 1.807) is 4.90 Å². The number of ether oxygens (including phenoxy) is 1. The third-order valence-electron chi connectivity index (χ3n) is 5.46. The van der Waals surface area contributed by atoms with Crippen LogP contribution < -0.4 is 0 Å². The molecule has 1 aromatic heterocycles. The molecule has 2 aliphatic heterocycles. The molecular formula is C18H19NO5. The lowest BCUT2D eigenvalue weighted by Crippen LogP contribution is -2.45. The normalized spacial score (nSPS) is 26.5. The first-order chi connectivity index (χ1) is 11.5. The van der Waals surface area contributed by atoms with E-state index in [1.165, 1.54) is 0 Å². The minimum absolute atomic E-state index is 0.169. The number of carbonyl (C=O) groups is 2. The van der Waals surface area contributed by atoms with Crippen LogP contribution in [-0.4, -0.2) is 48.2 Å². The van der Waals surface area contributed by atoms with Gasteiger partial charge in [-0.1, -0.05) is 18.2 Å². The molecule has 0 saturated carbocycles. The van der Waals surface area contributed by atoms with E-state index >= 15 is 0 Å². The summed E-state index contributed by atoms with van der Waals surface area (Å²) in [6.07, 6.45) is 0.440. The number of benzene rings is 1. The van der Waals surface area contributed by atoms with Gasteiger partial charge in [0.25, 0.3) is 5.91 Å². The molecule has 4 rings (SSSR count). The lowest BCUT2D eigenvalue weighted by molar-refractivity contribution is -0.157. The summed E-state index contributed by atoms with van der Waals surface area (Å²) in [7, 11) is 0. The Bertz CT molecular complexity index is 826. The Balaban J connectivity index is 1.67. The van der Waals surface area contributed by atoms with Crippen LogP contribution in [0.1, 0.15) is 22.5 Å². The van der Waals surface area contributed by atoms with Gasteiger partial charge in [-0.05, 0) is 19.4 Å². The molecule has 0 bridgehead atoms. The van der Waals surface area contributed by atoms with Crippen molar-refractivity contribution in [2.24, 2.45) is 11.3 Å². The van der Waals surface area contributed by atoms with Crippen LogP contribution in [0.3, 0.4) is 0 Å². The summed E-state index contributed by atoms with van der Waals surface area (Å²) in [5.41, 5.74) is 0.575. The zero-order chi connectivity index (χ0) is 16.9. The van der Waals surface area contributed by atoms with Gasteiger partial charge in [0.05, 0.1) is 12.0 Å². The van der Waals surface area contributed by atoms with Gasteiger partial charge in [-0.2, -0.15) is 0 Å². The van der Waals surface area contributed by atoms with Crippen molar-refractivity contribution in [1.29, 1.82) is 0 Å². The smallest absolute Gasteiger partial charge is 0.311 e. The molecule has 1 aromatic carbocycles. The van der Waals surface area contributed by atoms with Gasteiger partial charge >= 0.3 is 5.97 Å². The Hall–Kier alpha value is -2.34. The Morgan fingerprint density at radius 3 is 2.83 bits per heavy atom. The molecule has 0 spiro atoms. The van der Waals surface area contributed by atoms with Gasteiger partial charge in [-0.3, -0.25) is 9.59 Å². The van der Waals surface area contributed by atoms with Gasteiger partial charge in [-0.25, -0.2) is 0 Å². The van der Waals surface area contributed by atoms with Gasteiger partial charge in [0, 0.05) is 36.6 Å². The third-order valence-corrected chi connectivity index (χ3v) is 5.46. The average Bonchev–Trinajstić information content (AvgIpc) is 3.14. The van der Waals surface area contributed by atoms with Crippen molar-refractivity contribution < 1.29 is 23.8 Å². The number of rotatable bonds is 2. The number of para-hydroxylation sites is 1. The number of furan rings is 1. The fraction of sp³-hybridized carbons (Fsp3) is 0.444. The molecule has 2 atom stereocenters. The van der Waals surface area contributed by atoms with E-state index in [0.29, 0.717) is 37.5 Å². The van der Waals surface area contributed by atoms with E-state index in [1.807, 2.05) is 31.2 Å². The predicted octanol–water partition coefficient (Wildman–Crippen LogP) is 2.30. The van der Waals surface area contributed by atoms with Gasteiger partial charge < -0.3 is 19.2 Å². The van der Waals surface area contributed by atoms with E-state index in [2.05, 4.69) is 0 Å². The molecule has 6 heteroatoms. The summed E-state index contributed by atoms with van der Waals surface area (Å²) in [4.78, 5) is 26.4. The topological polar surface area (TPSA) is 80.0 Å². The largest absolute Gasteiger partial charge is 0.481 e. The van der Waals surface area contributed by atoms with Crippen LogP contribution in [0, 0.1) is 18.3 Å². The number of carbonyl (C=O) groups excluding carboxylic acids is 1. The molecule has 0 unspecified atom stereocenters. The van der Waals surface area contributed by atoms with Crippen LogP contribution in [0.25, 0.3) is 11.0 Å². The van der Waals surface area contributed by atoms with Crippen molar-refractivity contribution in [3.8, 4) is 0 Å². The summed E-state index contributed by atoms with van der Waals surface area (Å²) in [6.45, 7) is 3.27. The fourth-order valence-corrected chi connectivity index (χ4v) is 3.98. The van der Waals surface area contributed by atoms with Crippen LogP contribution in [0.4, 0.5) is 0 Å². The molecule has 1 N–H and O–H groups in total. The molecule has 6 nitrogen and oxygen atoms in total. The molecule has 0 aliphatic carbocycles. The Kier molecular flexibility index (Phi) is 3.38. The third kappa shape index (κ3) is 2.06. The van der Waals surface area contributed by atoms with Crippen LogP contribution in [0.15, 0.2) is 28.7 Å². The minimum atomic E-state index is -0.895. The van der Waals surface area contributed by atoms with Gasteiger partial charge in [0.1, 0.15) is 5.58 Å². The Morgan fingerprint density at radius 1 is 1.33 bits per heavy atom. The summed E-state index contributed by atoms with van der Waals surface area (Å²) in [5.74, 6) is -0.945. The van der Waals surface area contributed by atoms with Crippen molar-refractivity contribution in [2.45, 2.75) is 13.3 Å². The summed E-state index contributed by atoms with van der Waals surface area (Å²) in [6, 6.07) is 7.51. The lowest BCUT2D eigenvalue weighted by Gasteiger charge is -2.33. The molecule has 2 fully saturated rings. The number of hydrogen-bond donors (Lipinski definition) is 1. The monoisotopic (exact) mass is 329 g/mol. The molecule has 126 valence electrons. The molecule has 3 heterocycles. The fourth-order valence-electron chi connectivity index (χ4n) is 3.98. The molecule has 2 aromatic rings. The highest BCUT2D eigenvalue weighted by Gasteiger charge is 2.55. The second-order valence-corrected chi connectivity index (χ2v) is 6.72. The number of aryl methyl sites for hydroxylation is 1. The van der Waals surface area contributed by atoms with Crippen molar-refractivity contribution >= 4 is 22.8 Å². The number of hydrogen-bond acceptors (Lipinski definition) is 4. The molecule has 0 radical (unpaired) electrons. The maximum absolute atomic E-state index is 12.9. The van der Waals surface area contributed by atoms with Gasteiger partial charge in [0.15, 0.2) is 5.76 Å². The van der Waals surface area contributed by atoms with E-state index in [4.69, 9.17) is 9.15 Å². The van der Waals surface area contributed by atoms with E-state index in [0.717, 1.165) is 10.9 Å². The standard InChI is InChI=1S/C18H19NO5/c1-11-13-4-2-3-5-14(13)24-15(11)16(20)19-8-12-9-23-7-6-18(12,10-19)17(21)22/h2-5,12H,6-10H2,1H3,(H,21,22)/t12-,18+/m0/s1. The van der Waals surface area contributed by atoms with Crippen LogP contribution in [-0.2, 0) is 9.53 Å². The SMILES string of the molecule is Cc1c(C(=O)N2C[C@H]3COCC[C@@]3(C(=O)O)C2)oc2ccccc12. The molecule has 24 heavy (non-hydrogen) atoms. The number of nitrogens with zero attached hydrogens (tertiary/aromatic N) is 1. The zero-order valence-electron chi connectivity index (χ0n) is 13.4. The number of carboxylic acid groups (broad SMARTS) is 1. The van der Waals surface area contributed by atoms with Crippen molar-refractivity contribution in [1.82, 2.24) is 4.90 Å². The van der Waals surface area contributed by atoms with Gasteiger partial charge in [-0.15, -0.1) is 0 Å². The Labute approximate surface area is 139 Å². The molecule has 1 amide bonds. The minimum Gasteiger partial charge on any atom is -0.481 e. The maximum atomic E-state index is 12.9. The predicted molar refractivity (Wildman–Crippen MR) is 85.8 cm³/mol. The second kappa shape index (κ2) is 5.34.